The molecule has 0 saturated heterocycles. The van der Waals surface area contributed by atoms with Crippen LogP contribution in [-0.4, -0.2) is 18.2 Å². The van der Waals surface area contributed by atoms with Crippen LogP contribution in [0.15, 0.2) is 0 Å². The molecule has 0 bridgehead atoms. The molecule has 0 aromatic rings. The number of nitrogens with two attached hydrogens (primary N) is 1. The Morgan fingerprint density at radius 2 is 1.64 bits per heavy atom. The van der Waals surface area contributed by atoms with Crippen LogP contribution < -0.4 is 5.73 Å². The van der Waals surface area contributed by atoms with E-state index >= 15 is 0 Å². The predicted octanol–water partition coefficient (Wildman–Crippen LogP) is 2.96. The SMILES string of the molecule is CCOC(C)(CC)C(N)C(CC)CC. The van der Waals surface area contributed by atoms with Crippen LogP contribution in [0.25, 0.3) is 0 Å². The van der Waals surface area contributed by atoms with Gasteiger partial charge in [0.2, 0.25) is 0 Å². The van der Waals surface area contributed by atoms with Gasteiger partial charge in [0.15, 0.2) is 0 Å². The van der Waals surface area contributed by atoms with Gasteiger partial charge in [-0.1, -0.05) is 33.6 Å². The molecule has 0 amide bonds. The van der Waals surface area contributed by atoms with Crippen molar-refractivity contribution in [3.8, 4) is 0 Å². The van der Waals surface area contributed by atoms with Crippen molar-refractivity contribution in [3.63, 3.8) is 0 Å². The van der Waals surface area contributed by atoms with Crippen molar-refractivity contribution in [1.29, 1.82) is 0 Å². The first-order valence-electron chi connectivity index (χ1n) is 5.95. The minimum absolute atomic E-state index is 0.147. The Balaban J connectivity index is 4.48. The van der Waals surface area contributed by atoms with Crippen LogP contribution in [0, 0.1) is 5.92 Å². The van der Waals surface area contributed by atoms with E-state index in [1.807, 2.05) is 6.92 Å². The predicted molar refractivity (Wildman–Crippen MR) is 62.4 cm³/mol. The second-order valence-corrected chi connectivity index (χ2v) is 4.20. The highest BCUT2D eigenvalue weighted by atomic mass is 16.5. The molecule has 0 radical (unpaired) electrons. The molecule has 0 aromatic heterocycles. The molecule has 0 aliphatic rings. The standard InChI is InChI=1S/C12H27NO/c1-6-10(7-2)11(13)12(5,8-3)14-9-4/h10-11H,6-9,13H2,1-5H3. The van der Waals surface area contributed by atoms with Crippen molar-refractivity contribution in [3.05, 3.63) is 0 Å². The van der Waals surface area contributed by atoms with Gasteiger partial charge in [-0.15, -0.1) is 0 Å². The largest absolute Gasteiger partial charge is 0.374 e. The van der Waals surface area contributed by atoms with Gasteiger partial charge < -0.3 is 10.5 Å². The lowest BCUT2D eigenvalue weighted by atomic mass is 9.81. The molecule has 14 heavy (non-hydrogen) atoms. The Labute approximate surface area is 89.2 Å². The quantitative estimate of drug-likeness (QED) is 0.687. The zero-order chi connectivity index (χ0) is 11.2. The fourth-order valence-corrected chi connectivity index (χ4v) is 2.06. The normalized spacial score (nSPS) is 18.2. The maximum absolute atomic E-state index is 6.29. The number of hydrogen-bond acceptors (Lipinski definition) is 2. The molecule has 0 saturated carbocycles. The van der Waals surface area contributed by atoms with Crippen molar-refractivity contribution in [2.75, 3.05) is 6.61 Å². The molecule has 2 unspecified atom stereocenters. The summed E-state index contributed by atoms with van der Waals surface area (Å²) in [4.78, 5) is 0. The lowest BCUT2D eigenvalue weighted by Crippen LogP contribution is -2.51. The van der Waals surface area contributed by atoms with Gasteiger partial charge in [0.25, 0.3) is 0 Å². The maximum atomic E-state index is 6.29. The van der Waals surface area contributed by atoms with Crippen molar-refractivity contribution in [1.82, 2.24) is 0 Å². The molecule has 0 spiro atoms. The second-order valence-electron chi connectivity index (χ2n) is 4.20. The Bertz CT molecular complexity index is 145. The Hall–Kier alpha value is -0.0800. The first kappa shape index (κ1) is 13.9. The monoisotopic (exact) mass is 201 g/mol. The summed E-state index contributed by atoms with van der Waals surface area (Å²) in [7, 11) is 0. The highest BCUT2D eigenvalue weighted by molar-refractivity contribution is 4.90. The minimum Gasteiger partial charge on any atom is -0.374 e. The fourth-order valence-electron chi connectivity index (χ4n) is 2.06. The average Bonchev–Trinajstić information content (AvgIpc) is 2.19. The fraction of sp³-hybridized carbons (Fsp3) is 1.00. The second kappa shape index (κ2) is 6.41. The molecule has 0 fully saturated rings. The number of hydrogen-bond donors (Lipinski definition) is 1. The zero-order valence-corrected chi connectivity index (χ0v) is 10.5. The summed E-state index contributed by atoms with van der Waals surface area (Å²) >= 11 is 0. The van der Waals surface area contributed by atoms with E-state index in [0.717, 1.165) is 25.9 Å². The molecule has 0 aliphatic carbocycles. The molecule has 2 atom stereocenters. The lowest BCUT2D eigenvalue weighted by molar-refractivity contribution is -0.0600. The Kier molecular flexibility index (Phi) is 6.38. The molecular weight excluding hydrogens is 174 g/mol. The third kappa shape index (κ3) is 3.25. The molecule has 0 aromatic carbocycles. The Morgan fingerprint density at radius 1 is 1.14 bits per heavy atom. The van der Waals surface area contributed by atoms with Gasteiger partial charge in [0, 0.05) is 12.6 Å². The summed E-state index contributed by atoms with van der Waals surface area (Å²) < 4.78 is 5.80. The van der Waals surface area contributed by atoms with Gasteiger partial charge in [-0.2, -0.15) is 0 Å². The molecule has 2 nitrogen and oxygen atoms in total. The molecule has 0 rings (SSSR count). The van der Waals surface area contributed by atoms with E-state index in [-0.39, 0.29) is 11.6 Å². The number of rotatable bonds is 7. The van der Waals surface area contributed by atoms with Gasteiger partial charge in [-0.05, 0) is 26.2 Å². The van der Waals surface area contributed by atoms with E-state index < -0.39 is 0 Å². The third-order valence-corrected chi connectivity index (χ3v) is 3.44. The Morgan fingerprint density at radius 3 is 1.93 bits per heavy atom. The van der Waals surface area contributed by atoms with E-state index in [9.17, 15) is 0 Å². The van der Waals surface area contributed by atoms with Crippen molar-refractivity contribution < 1.29 is 4.74 Å². The summed E-state index contributed by atoms with van der Waals surface area (Å²) in [5.74, 6) is 0.575. The van der Waals surface area contributed by atoms with E-state index in [4.69, 9.17) is 10.5 Å². The van der Waals surface area contributed by atoms with Crippen molar-refractivity contribution in [2.24, 2.45) is 11.7 Å². The molecule has 2 heteroatoms. The summed E-state index contributed by atoms with van der Waals surface area (Å²) in [5, 5.41) is 0. The zero-order valence-electron chi connectivity index (χ0n) is 10.5. The first-order valence-corrected chi connectivity index (χ1v) is 5.95. The summed E-state index contributed by atoms with van der Waals surface area (Å²) in [6, 6.07) is 0.155. The number of ether oxygens (including phenoxy) is 1. The lowest BCUT2D eigenvalue weighted by Gasteiger charge is -2.38. The summed E-state index contributed by atoms with van der Waals surface area (Å²) in [5.41, 5.74) is 6.14. The third-order valence-electron chi connectivity index (χ3n) is 3.44. The van der Waals surface area contributed by atoms with Crippen molar-refractivity contribution in [2.45, 2.75) is 65.5 Å². The molecule has 0 aliphatic heterocycles. The average molecular weight is 201 g/mol. The van der Waals surface area contributed by atoms with Crippen LogP contribution in [-0.2, 0) is 4.74 Å². The van der Waals surface area contributed by atoms with E-state index in [0.29, 0.717) is 5.92 Å². The highest BCUT2D eigenvalue weighted by Gasteiger charge is 2.34. The molecular formula is C12H27NO. The van der Waals surface area contributed by atoms with E-state index in [2.05, 4.69) is 27.7 Å². The van der Waals surface area contributed by atoms with Gasteiger partial charge in [-0.3, -0.25) is 0 Å². The van der Waals surface area contributed by atoms with Crippen molar-refractivity contribution >= 4 is 0 Å². The molecule has 86 valence electrons. The smallest absolute Gasteiger partial charge is 0.0804 e. The van der Waals surface area contributed by atoms with Crippen LogP contribution in [0.2, 0.25) is 0 Å². The van der Waals surface area contributed by atoms with Crippen LogP contribution in [0.5, 0.6) is 0 Å². The van der Waals surface area contributed by atoms with E-state index in [1.165, 1.54) is 0 Å². The van der Waals surface area contributed by atoms with Gasteiger partial charge in [0.05, 0.1) is 5.60 Å². The van der Waals surface area contributed by atoms with Gasteiger partial charge in [0.1, 0.15) is 0 Å². The van der Waals surface area contributed by atoms with Gasteiger partial charge in [-0.25, -0.2) is 0 Å². The summed E-state index contributed by atoms with van der Waals surface area (Å²) in [6.07, 6.45) is 3.26. The maximum Gasteiger partial charge on any atom is 0.0804 e. The van der Waals surface area contributed by atoms with Gasteiger partial charge >= 0.3 is 0 Å². The van der Waals surface area contributed by atoms with Crippen LogP contribution in [0.3, 0.4) is 0 Å². The van der Waals surface area contributed by atoms with Crippen LogP contribution in [0.1, 0.15) is 53.9 Å². The van der Waals surface area contributed by atoms with E-state index in [1.54, 1.807) is 0 Å². The van der Waals surface area contributed by atoms with Crippen LogP contribution >= 0.6 is 0 Å². The molecule has 2 N–H and O–H groups in total. The first-order chi connectivity index (χ1) is 6.55. The van der Waals surface area contributed by atoms with Crippen LogP contribution in [0.4, 0.5) is 0 Å². The molecule has 0 heterocycles. The minimum atomic E-state index is -0.147. The topological polar surface area (TPSA) is 35.2 Å². The summed E-state index contributed by atoms with van der Waals surface area (Å²) in [6.45, 7) is 11.5. The highest BCUT2D eigenvalue weighted by Crippen LogP contribution is 2.27.